The van der Waals surface area contributed by atoms with E-state index in [-0.39, 0.29) is 24.5 Å². The number of amides is 2. The molecule has 2 amide bonds. The lowest BCUT2D eigenvalue weighted by Gasteiger charge is -2.26. The van der Waals surface area contributed by atoms with Gasteiger partial charge in [0.05, 0.1) is 22.4 Å². The largest absolute Gasteiger partial charge is 0.482 e. The van der Waals surface area contributed by atoms with E-state index in [2.05, 4.69) is 27.8 Å². The van der Waals surface area contributed by atoms with Crippen molar-refractivity contribution >= 4 is 28.8 Å². The number of aromatic nitrogens is 1. The third-order valence-electron chi connectivity index (χ3n) is 5.27. The van der Waals surface area contributed by atoms with Crippen molar-refractivity contribution in [2.24, 2.45) is 0 Å². The van der Waals surface area contributed by atoms with E-state index >= 15 is 0 Å². The van der Waals surface area contributed by atoms with Crippen LogP contribution in [0.3, 0.4) is 0 Å². The van der Waals surface area contributed by atoms with Gasteiger partial charge < -0.3 is 15.4 Å². The summed E-state index contributed by atoms with van der Waals surface area (Å²) in [6.07, 6.45) is 3.01. The fourth-order valence-corrected chi connectivity index (χ4v) is 4.50. The third kappa shape index (κ3) is 5.11. The number of aryl methyl sites for hydroxylation is 2. The van der Waals surface area contributed by atoms with Crippen LogP contribution in [0, 0.1) is 6.92 Å². The Morgan fingerprint density at radius 2 is 2.06 bits per heavy atom. The molecule has 0 radical (unpaired) electrons. The van der Waals surface area contributed by atoms with Gasteiger partial charge in [0, 0.05) is 17.9 Å². The molecule has 0 spiro atoms. The molecular weight excluding hydrogens is 410 g/mol. The minimum Gasteiger partial charge on any atom is -0.482 e. The molecule has 1 aliphatic carbocycles. The topological polar surface area (TPSA) is 80.3 Å². The van der Waals surface area contributed by atoms with Gasteiger partial charge in [-0.1, -0.05) is 24.3 Å². The van der Waals surface area contributed by atoms with Gasteiger partial charge in [0.15, 0.2) is 6.61 Å². The van der Waals surface area contributed by atoms with E-state index < -0.39 is 0 Å². The van der Waals surface area contributed by atoms with E-state index in [1.54, 1.807) is 17.4 Å². The zero-order valence-corrected chi connectivity index (χ0v) is 18.4. The SMILES string of the molecule is CC(=O)Nc1cc(-c2csc(C)n2)ccc1OCC(=O)N[C@@H]1CCCc2ccccc21. The van der Waals surface area contributed by atoms with Gasteiger partial charge in [0.25, 0.3) is 5.91 Å². The molecule has 7 heteroatoms. The van der Waals surface area contributed by atoms with Crippen molar-refractivity contribution in [2.75, 3.05) is 11.9 Å². The standard InChI is InChI=1S/C24H25N3O3S/c1-15(28)25-21-12-18(22-14-31-16(2)26-22)10-11-23(21)30-13-24(29)27-20-9-5-7-17-6-3-4-8-19(17)20/h3-4,6,8,10-12,14,20H,5,7,9,13H2,1-2H3,(H,25,28)(H,27,29)/t20-/m1/s1. The summed E-state index contributed by atoms with van der Waals surface area (Å²) >= 11 is 1.57. The van der Waals surface area contributed by atoms with Crippen LogP contribution in [-0.2, 0) is 16.0 Å². The molecule has 3 aromatic rings. The van der Waals surface area contributed by atoms with Gasteiger partial charge in [-0.3, -0.25) is 9.59 Å². The number of fused-ring (bicyclic) bond motifs is 1. The van der Waals surface area contributed by atoms with Crippen molar-refractivity contribution in [2.45, 2.75) is 39.2 Å². The quantitative estimate of drug-likeness (QED) is 0.591. The van der Waals surface area contributed by atoms with Crippen LogP contribution in [0.1, 0.15) is 41.9 Å². The number of hydrogen-bond donors (Lipinski definition) is 2. The first kappa shape index (κ1) is 21.1. The minimum atomic E-state index is -0.209. The van der Waals surface area contributed by atoms with Crippen molar-refractivity contribution in [3.05, 3.63) is 64.0 Å². The average molecular weight is 436 g/mol. The van der Waals surface area contributed by atoms with Gasteiger partial charge in [-0.25, -0.2) is 4.98 Å². The van der Waals surface area contributed by atoms with Gasteiger partial charge in [0.1, 0.15) is 5.75 Å². The maximum atomic E-state index is 12.6. The van der Waals surface area contributed by atoms with Gasteiger partial charge >= 0.3 is 0 Å². The Bertz CT molecular complexity index is 1110. The average Bonchev–Trinajstić information content (AvgIpc) is 3.19. The Kier molecular flexibility index (Phi) is 6.32. The van der Waals surface area contributed by atoms with Gasteiger partial charge in [-0.15, -0.1) is 11.3 Å². The highest BCUT2D eigenvalue weighted by molar-refractivity contribution is 7.09. The van der Waals surface area contributed by atoms with Gasteiger partial charge in [-0.05, 0) is 55.5 Å². The van der Waals surface area contributed by atoms with E-state index in [1.165, 1.54) is 18.1 Å². The summed E-state index contributed by atoms with van der Waals surface area (Å²) in [4.78, 5) is 28.8. The molecule has 1 heterocycles. The Morgan fingerprint density at radius 3 is 2.84 bits per heavy atom. The van der Waals surface area contributed by atoms with E-state index in [9.17, 15) is 9.59 Å². The molecule has 160 valence electrons. The number of carbonyl (C=O) groups is 2. The summed E-state index contributed by atoms with van der Waals surface area (Å²) in [5.41, 5.74) is 4.72. The predicted octanol–water partition coefficient (Wildman–Crippen LogP) is 4.65. The zero-order valence-electron chi connectivity index (χ0n) is 17.6. The summed E-state index contributed by atoms with van der Waals surface area (Å²) in [6, 6.07) is 13.7. The van der Waals surface area contributed by atoms with Crippen molar-refractivity contribution in [1.29, 1.82) is 0 Å². The number of rotatable bonds is 6. The van der Waals surface area contributed by atoms with Crippen LogP contribution in [0.25, 0.3) is 11.3 Å². The molecule has 1 aliphatic rings. The molecule has 1 aromatic heterocycles. The Labute approximate surface area is 185 Å². The monoisotopic (exact) mass is 435 g/mol. The molecule has 0 fully saturated rings. The molecule has 0 bridgehead atoms. The third-order valence-corrected chi connectivity index (χ3v) is 6.04. The van der Waals surface area contributed by atoms with Crippen LogP contribution in [0.2, 0.25) is 0 Å². The number of thiazole rings is 1. The molecule has 6 nitrogen and oxygen atoms in total. The highest BCUT2D eigenvalue weighted by Crippen LogP contribution is 2.32. The number of carbonyl (C=O) groups excluding carboxylic acids is 2. The second kappa shape index (κ2) is 9.31. The first-order valence-electron chi connectivity index (χ1n) is 10.3. The number of ether oxygens (including phenoxy) is 1. The van der Waals surface area contributed by atoms with Crippen molar-refractivity contribution in [3.63, 3.8) is 0 Å². The van der Waals surface area contributed by atoms with Crippen molar-refractivity contribution < 1.29 is 14.3 Å². The van der Waals surface area contributed by atoms with Gasteiger partial charge in [0.2, 0.25) is 5.91 Å². The molecule has 1 atom stereocenters. The molecule has 0 unspecified atom stereocenters. The lowest BCUT2D eigenvalue weighted by molar-refractivity contribution is -0.124. The maximum Gasteiger partial charge on any atom is 0.258 e. The highest BCUT2D eigenvalue weighted by atomic mass is 32.1. The summed E-state index contributed by atoms with van der Waals surface area (Å²) in [5, 5.41) is 8.81. The fraction of sp³-hybridized carbons (Fsp3) is 0.292. The number of anilines is 1. The molecule has 4 rings (SSSR count). The van der Waals surface area contributed by atoms with Crippen LogP contribution < -0.4 is 15.4 Å². The van der Waals surface area contributed by atoms with Crippen molar-refractivity contribution in [1.82, 2.24) is 10.3 Å². The summed E-state index contributed by atoms with van der Waals surface area (Å²) in [7, 11) is 0. The summed E-state index contributed by atoms with van der Waals surface area (Å²) < 4.78 is 5.78. The van der Waals surface area contributed by atoms with E-state index in [0.717, 1.165) is 35.5 Å². The summed E-state index contributed by atoms with van der Waals surface area (Å²) in [5.74, 6) is 0.0551. The highest BCUT2D eigenvalue weighted by Gasteiger charge is 2.21. The van der Waals surface area contributed by atoms with Crippen LogP contribution in [-0.4, -0.2) is 23.4 Å². The second-order valence-electron chi connectivity index (χ2n) is 7.64. The lowest BCUT2D eigenvalue weighted by Crippen LogP contribution is -2.34. The second-order valence-corrected chi connectivity index (χ2v) is 8.71. The molecule has 2 aromatic carbocycles. The zero-order chi connectivity index (χ0) is 21.8. The van der Waals surface area contributed by atoms with E-state index in [0.29, 0.717) is 11.4 Å². The molecule has 31 heavy (non-hydrogen) atoms. The number of benzene rings is 2. The summed E-state index contributed by atoms with van der Waals surface area (Å²) in [6.45, 7) is 3.26. The van der Waals surface area contributed by atoms with Crippen LogP contribution in [0.15, 0.2) is 47.8 Å². The Morgan fingerprint density at radius 1 is 1.23 bits per heavy atom. The number of nitrogens with zero attached hydrogens (tertiary/aromatic N) is 1. The minimum absolute atomic E-state index is 0.00569. The van der Waals surface area contributed by atoms with E-state index in [4.69, 9.17) is 4.74 Å². The Hall–Kier alpha value is -3.19. The molecule has 0 aliphatic heterocycles. The maximum absolute atomic E-state index is 12.6. The first-order valence-corrected chi connectivity index (χ1v) is 11.2. The van der Waals surface area contributed by atoms with Crippen LogP contribution in [0.5, 0.6) is 5.75 Å². The first-order chi connectivity index (χ1) is 15.0. The van der Waals surface area contributed by atoms with Crippen molar-refractivity contribution in [3.8, 4) is 17.0 Å². The van der Waals surface area contributed by atoms with Gasteiger partial charge in [-0.2, -0.15) is 0 Å². The van der Waals surface area contributed by atoms with Crippen LogP contribution in [0.4, 0.5) is 5.69 Å². The molecule has 0 saturated heterocycles. The van der Waals surface area contributed by atoms with E-state index in [1.807, 2.05) is 36.6 Å². The molecule has 0 saturated carbocycles. The lowest BCUT2D eigenvalue weighted by atomic mass is 9.88. The molecule has 2 N–H and O–H groups in total. The smallest absolute Gasteiger partial charge is 0.258 e. The predicted molar refractivity (Wildman–Crippen MR) is 122 cm³/mol. The number of nitrogens with one attached hydrogen (secondary N) is 2. The number of hydrogen-bond acceptors (Lipinski definition) is 5. The Balaban J connectivity index is 1.45. The fourth-order valence-electron chi connectivity index (χ4n) is 3.88. The normalized spacial score (nSPS) is 15.1. The van der Waals surface area contributed by atoms with Crippen LogP contribution >= 0.6 is 11.3 Å². The molecular formula is C24H25N3O3S.